The van der Waals surface area contributed by atoms with E-state index in [-0.39, 0.29) is 0 Å². The summed E-state index contributed by atoms with van der Waals surface area (Å²) >= 11 is 0. The molecule has 0 aromatic heterocycles. The van der Waals surface area contributed by atoms with Crippen LogP contribution in [0, 0.1) is 5.92 Å². The lowest BCUT2D eigenvalue weighted by Crippen LogP contribution is -2.37. The van der Waals surface area contributed by atoms with E-state index in [0.717, 1.165) is 12.5 Å². The van der Waals surface area contributed by atoms with Gasteiger partial charge < -0.3 is 9.80 Å². The van der Waals surface area contributed by atoms with Crippen LogP contribution in [0.2, 0.25) is 0 Å². The molecule has 0 amide bonds. The van der Waals surface area contributed by atoms with Gasteiger partial charge in [-0.25, -0.2) is 0 Å². The lowest BCUT2D eigenvalue weighted by molar-refractivity contribution is 0.159. The van der Waals surface area contributed by atoms with Crippen molar-refractivity contribution in [1.82, 2.24) is 9.80 Å². The normalized spacial score (nSPS) is 24.2. The van der Waals surface area contributed by atoms with Gasteiger partial charge in [0.25, 0.3) is 0 Å². The van der Waals surface area contributed by atoms with Gasteiger partial charge in [0.2, 0.25) is 0 Å². The van der Waals surface area contributed by atoms with Crippen molar-refractivity contribution in [3.63, 3.8) is 0 Å². The van der Waals surface area contributed by atoms with E-state index in [9.17, 15) is 0 Å². The van der Waals surface area contributed by atoms with Gasteiger partial charge in [0.05, 0.1) is 6.17 Å². The van der Waals surface area contributed by atoms with Crippen molar-refractivity contribution < 1.29 is 0 Å². The molecule has 1 aliphatic rings. The molecule has 0 N–H and O–H groups in total. The third kappa shape index (κ3) is 2.39. The maximum atomic E-state index is 2.43. The fraction of sp³-hybridized carbons (Fsp3) is 0.818. The summed E-state index contributed by atoms with van der Waals surface area (Å²) in [6, 6.07) is 0. The van der Waals surface area contributed by atoms with Crippen molar-refractivity contribution in [2.24, 2.45) is 5.92 Å². The largest absolute Gasteiger partial charge is 0.357 e. The lowest BCUT2D eigenvalue weighted by atomic mass is 10.1. The third-order valence-corrected chi connectivity index (χ3v) is 2.99. The zero-order valence-electron chi connectivity index (χ0n) is 9.33. The van der Waals surface area contributed by atoms with Gasteiger partial charge in [-0.15, -0.1) is 0 Å². The van der Waals surface area contributed by atoms with Crippen LogP contribution in [0.3, 0.4) is 0 Å². The SMILES string of the molecule is CCC(C)CN1C=CN(CC)C1C. The Morgan fingerprint density at radius 3 is 2.31 bits per heavy atom. The summed E-state index contributed by atoms with van der Waals surface area (Å²) in [5.41, 5.74) is 0. The van der Waals surface area contributed by atoms with Crippen molar-refractivity contribution >= 4 is 0 Å². The predicted octanol–water partition coefficient (Wildman–Crippen LogP) is 2.49. The second-order valence-corrected chi connectivity index (χ2v) is 3.97. The van der Waals surface area contributed by atoms with Crippen LogP contribution in [0.4, 0.5) is 0 Å². The highest BCUT2D eigenvalue weighted by Crippen LogP contribution is 2.17. The second kappa shape index (κ2) is 4.54. The first-order valence-corrected chi connectivity index (χ1v) is 5.38. The van der Waals surface area contributed by atoms with Crippen LogP contribution in [0.5, 0.6) is 0 Å². The molecule has 2 nitrogen and oxygen atoms in total. The molecule has 0 fully saturated rings. The molecule has 1 aliphatic heterocycles. The molecule has 0 aliphatic carbocycles. The standard InChI is InChI=1S/C11H22N2/c1-5-10(3)9-13-8-7-12(6-2)11(13)4/h7-8,10-11H,5-6,9H2,1-4H3. The Morgan fingerprint density at radius 2 is 1.85 bits per heavy atom. The summed E-state index contributed by atoms with van der Waals surface area (Å²) in [4.78, 5) is 4.79. The summed E-state index contributed by atoms with van der Waals surface area (Å²) < 4.78 is 0. The van der Waals surface area contributed by atoms with Crippen molar-refractivity contribution in [3.05, 3.63) is 12.4 Å². The van der Waals surface area contributed by atoms with Gasteiger partial charge in [0.1, 0.15) is 0 Å². The molecular formula is C11H22N2. The third-order valence-electron chi connectivity index (χ3n) is 2.99. The first-order chi connectivity index (χ1) is 6.19. The summed E-state index contributed by atoms with van der Waals surface area (Å²) in [7, 11) is 0. The first kappa shape index (κ1) is 10.4. The summed E-state index contributed by atoms with van der Waals surface area (Å²) in [6.07, 6.45) is 6.25. The zero-order chi connectivity index (χ0) is 9.84. The van der Waals surface area contributed by atoms with Crippen LogP contribution < -0.4 is 0 Å². The van der Waals surface area contributed by atoms with Crippen LogP contribution >= 0.6 is 0 Å². The molecule has 13 heavy (non-hydrogen) atoms. The van der Waals surface area contributed by atoms with E-state index in [1.165, 1.54) is 13.0 Å². The molecule has 1 rings (SSSR count). The highest BCUT2D eigenvalue weighted by molar-refractivity contribution is 4.95. The Kier molecular flexibility index (Phi) is 3.64. The number of hydrogen-bond donors (Lipinski definition) is 0. The Hall–Kier alpha value is -0.660. The highest BCUT2D eigenvalue weighted by Gasteiger charge is 2.20. The van der Waals surface area contributed by atoms with Crippen LogP contribution in [0.25, 0.3) is 0 Å². The minimum absolute atomic E-state index is 0.555. The Labute approximate surface area is 82.2 Å². The quantitative estimate of drug-likeness (QED) is 0.659. The highest BCUT2D eigenvalue weighted by atomic mass is 15.4. The van der Waals surface area contributed by atoms with Crippen LogP contribution in [-0.2, 0) is 0 Å². The van der Waals surface area contributed by atoms with E-state index in [0.29, 0.717) is 6.17 Å². The molecule has 0 saturated heterocycles. The van der Waals surface area contributed by atoms with E-state index in [2.05, 4.69) is 49.9 Å². The second-order valence-electron chi connectivity index (χ2n) is 3.97. The maximum Gasteiger partial charge on any atom is 0.0977 e. The molecule has 0 radical (unpaired) electrons. The van der Waals surface area contributed by atoms with Crippen LogP contribution in [0.1, 0.15) is 34.1 Å². The van der Waals surface area contributed by atoms with Gasteiger partial charge in [0.15, 0.2) is 0 Å². The molecule has 76 valence electrons. The van der Waals surface area contributed by atoms with E-state index in [4.69, 9.17) is 0 Å². The van der Waals surface area contributed by atoms with Crippen LogP contribution in [0.15, 0.2) is 12.4 Å². The van der Waals surface area contributed by atoms with E-state index in [1.54, 1.807) is 0 Å². The fourth-order valence-electron chi connectivity index (χ4n) is 1.68. The number of hydrogen-bond acceptors (Lipinski definition) is 2. The Bertz CT molecular complexity index is 177. The monoisotopic (exact) mass is 182 g/mol. The topological polar surface area (TPSA) is 6.48 Å². The molecule has 2 atom stereocenters. The summed E-state index contributed by atoms with van der Waals surface area (Å²) in [6.45, 7) is 11.3. The van der Waals surface area contributed by atoms with E-state index in [1.807, 2.05) is 0 Å². The average Bonchev–Trinajstić information content (AvgIpc) is 2.48. The molecule has 0 spiro atoms. The smallest absolute Gasteiger partial charge is 0.0977 e. The minimum atomic E-state index is 0.555. The first-order valence-electron chi connectivity index (χ1n) is 5.38. The van der Waals surface area contributed by atoms with Gasteiger partial charge in [-0.3, -0.25) is 0 Å². The van der Waals surface area contributed by atoms with E-state index < -0.39 is 0 Å². The molecule has 2 heteroatoms. The number of nitrogens with zero attached hydrogens (tertiary/aromatic N) is 2. The van der Waals surface area contributed by atoms with Crippen molar-refractivity contribution in [1.29, 1.82) is 0 Å². The zero-order valence-corrected chi connectivity index (χ0v) is 9.33. The lowest BCUT2D eigenvalue weighted by Gasteiger charge is -2.30. The molecule has 0 aromatic carbocycles. The molecule has 0 saturated carbocycles. The van der Waals surface area contributed by atoms with Crippen LogP contribution in [-0.4, -0.2) is 29.1 Å². The molecular weight excluding hydrogens is 160 g/mol. The van der Waals surface area contributed by atoms with Crippen molar-refractivity contribution in [2.45, 2.75) is 40.3 Å². The molecule has 1 heterocycles. The minimum Gasteiger partial charge on any atom is -0.357 e. The summed E-state index contributed by atoms with van der Waals surface area (Å²) in [5, 5.41) is 0. The predicted molar refractivity (Wildman–Crippen MR) is 57.1 cm³/mol. The summed E-state index contributed by atoms with van der Waals surface area (Å²) in [5.74, 6) is 0.795. The fourth-order valence-corrected chi connectivity index (χ4v) is 1.68. The maximum absolute atomic E-state index is 2.43. The van der Waals surface area contributed by atoms with E-state index >= 15 is 0 Å². The van der Waals surface area contributed by atoms with Gasteiger partial charge in [-0.1, -0.05) is 20.3 Å². The number of rotatable bonds is 4. The van der Waals surface area contributed by atoms with Crippen molar-refractivity contribution in [2.75, 3.05) is 13.1 Å². The van der Waals surface area contributed by atoms with Gasteiger partial charge in [0, 0.05) is 25.5 Å². The van der Waals surface area contributed by atoms with Gasteiger partial charge in [-0.05, 0) is 19.8 Å². The average molecular weight is 182 g/mol. The van der Waals surface area contributed by atoms with Gasteiger partial charge >= 0.3 is 0 Å². The molecule has 2 unspecified atom stereocenters. The molecule has 0 bridgehead atoms. The Balaban J connectivity index is 2.41. The Morgan fingerprint density at radius 1 is 1.23 bits per heavy atom. The van der Waals surface area contributed by atoms with Crippen molar-refractivity contribution in [3.8, 4) is 0 Å². The molecule has 0 aromatic rings. The van der Waals surface area contributed by atoms with Gasteiger partial charge in [-0.2, -0.15) is 0 Å².